The molecule has 0 bridgehead atoms. The van der Waals surface area contributed by atoms with E-state index in [1.807, 2.05) is 6.92 Å². The van der Waals surface area contributed by atoms with Crippen molar-refractivity contribution in [2.24, 2.45) is 4.99 Å². The van der Waals surface area contributed by atoms with E-state index in [1.54, 1.807) is 18.4 Å². The number of guanidine groups is 1. The van der Waals surface area contributed by atoms with Crippen LogP contribution < -0.4 is 10.6 Å². The maximum absolute atomic E-state index is 5.31. The highest BCUT2D eigenvalue weighted by Gasteiger charge is 2.21. The molecule has 0 saturated carbocycles. The standard InChI is InChI=1S/C15H27N3OS.HI/c1-5-19-10-7-9-17-14(16-4)18-12-15(2,3)13-8-6-11-20-13;/h6,8,11H,5,7,9-10,12H2,1-4H3,(H2,16,17,18);1H. The van der Waals surface area contributed by atoms with Gasteiger partial charge in [0.15, 0.2) is 5.96 Å². The van der Waals surface area contributed by atoms with Crippen molar-refractivity contribution in [3.8, 4) is 0 Å². The van der Waals surface area contributed by atoms with Gasteiger partial charge in [-0.1, -0.05) is 19.9 Å². The first-order valence-corrected chi connectivity index (χ1v) is 8.04. The van der Waals surface area contributed by atoms with Gasteiger partial charge in [-0.3, -0.25) is 4.99 Å². The zero-order valence-corrected chi connectivity index (χ0v) is 16.6. The molecule has 0 spiro atoms. The number of thiophene rings is 1. The second-order valence-corrected chi connectivity index (χ2v) is 6.21. The van der Waals surface area contributed by atoms with Gasteiger partial charge in [0.1, 0.15) is 0 Å². The molecule has 4 nitrogen and oxygen atoms in total. The molecule has 0 aliphatic heterocycles. The van der Waals surface area contributed by atoms with Crippen molar-refractivity contribution in [3.05, 3.63) is 22.4 Å². The van der Waals surface area contributed by atoms with Crippen LogP contribution in [-0.2, 0) is 10.2 Å². The molecule has 0 unspecified atom stereocenters. The Labute approximate surface area is 149 Å². The molecular formula is C15H28IN3OS. The Balaban J connectivity index is 0.00000400. The van der Waals surface area contributed by atoms with E-state index in [4.69, 9.17) is 4.74 Å². The first-order valence-electron chi connectivity index (χ1n) is 7.16. The summed E-state index contributed by atoms with van der Waals surface area (Å²) in [6.45, 7) is 9.81. The van der Waals surface area contributed by atoms with Gasteiger partial charge in [-0.25, -0.2) is 0 Å². The van der Waals surface area contributed by atoms with Gasteiger partial charge in [-0.2, -0.15) is 0 Å². The normalized spacial score (nSPS) is 11.9. The lowest BCUT2D eigenvalue weighted by Gasteiger charge is -2.25. The lowest BCUT2D eigenvalue weighted by molar-refractivity contribution is 0.145. The van der Waals surface area contributed by atoms with Crippen molar-refractivity contribution in [3.63, 3.8) is 0 Å². The highest BCUT2D eigenvalue weighted by Crippen LogP contribution is 2.26. The van der Waals surface area contributed by atoms with E-state index in [-0.39, 0.29) is 29.4 Å². The van der Waals surface area contributed by atoms with Crippen LogP contribution in [-0.4, -0.2) is 39.3 Å². The largest absolute Gasteiger partial charge is 0.382 e. The van der Waals surface area contributed by atoms with Crippen molar-refractivity contribution in [2.75, 3.05) is 33.4 Å². The number of ether oxygens (including phenoxy) is 1. The number of hydrogen-bond donors (Lipinski definition) is 2. The summed E-state index contributed by atoms with van der Waals surface area (Å²) in [7, 11) is 1.80. The maximum Gasteiger partial charge on any atom is 0.191 e. The molecule has 0 aliphatic carbocycles. The fourth-order valence-corrected chi connectivity index (χ4v) is 2.65. The molecule has 1 rings (SSSR count). The van der Waals surface area contributed by atoms with Gasteiger partial charge in [-0.15, -0.1) is 35.3 Å². The third-order valence-electron chi connectivity index (χ3n) is 3.07. The summed E-state index contributed by atoms with van der Waals surface area (Å²) in [6, 6.07) is 4.28. The maximum atomic E-state index is 5.31. The number of aliphatic imine (C=N–C) groups is 1. The Morgan fingerprint density at radius 2 is 2.14 bits per heavy atom. The first kappa shape index (κ1) is 20.7. The molecule has 0 radical (unpaired) electrons. The van der Waals surface area contributed by atoms with E-state index < -0.39 is 0 Å². The monoisotopic (exact) mass is 425 g/mol. The van der Waals surface area contributed by atoms with Crippen LogP contribution in [0.15, 0.2) is 22.5 Å². The highest BCUT2D eigenvalue weighted by molar-refractivity contribution is 14.0. The number of nitrogens with zero attached hydrogens (tertiary/aromatic N) is 1. The Hall–Kier alpha value is -0.340. The molecule has 2 N–H and O–H groups in total. The molecular weight excluding hydrogens is 397 g/mol. The summed E-state index contributed by atoms with van der Waals surface area (Å²) in [6.07, 6.45) is 0.989. The van der Waals surface area contributed by atoms with E-state index in [0.717, 1.165) is 38.7 Å². The van der Waals surface area contributed by atoms with Crippen molar-refractivity contribution < 1.29 is 4.74 Å². The molecule has 0 atom stereocenters. The number of halogens is 1. The summed E-state index contributed by atoms with van der Waals surface area (Å²) in [5.74, 6) is 0.853. The SMILES string of the molecule is CCOCCCNC(=NC)NCC(C)(C)c1cccs1.I. The zero-order valence-electron chi connectivity index (χ0n) is 13.4. The van der Waals surface area contributed by atoms with E-state index in [9.17, 15) is 0 Å². The lowest BCUT2D eigenvalue weighted by atomic mass is 9.91. The summed E-state index contributed by atoms with van der Waals surface area (Å²) in [4.78, 5) is 5.63. The third kappa shape index (κ3) is 8.01. The fraction of sp³-hybridized carbons (Fsp3) is 0.667. The van der Waals surface area contributed by atoms with Crippen LogP contribution >= 0.6 is 35.3 Å². The molecule has 0 fully saturated rings. The summed E-state index contributed by atoms with van der Waals surface area (Å²) < 4.78 is 5.31. The quantitative estimate of drug-likeness (QED) is 0.291. The van der Waals surface area contributed by atoms with Gasteiger partial charge < -0.3 is 15.4 Å². The first-order chi connectivity index (χ1) is 9.60. The Kier molecular flexibility index (Phi) is 11.1. The van der Waals surface area contributed by atoms with Gasteiger partial charge in [0.05, 0.1) is 0 Å². The third-order valence-corrected chi connectivity index (χ3v) is 4.31. The molecule has 0 aliphatic rings. The van der Waals surface area contributed by atoms with E-state index >= 15 is 0 Å². The molecule has 0 aromatic carbocycles. The van der Waals surface area contributed by atoms with Crippen LogP contribution in [0.5, 0.6) is 0 Å². The molecule has 1 aromatic rings. The average molecular weight is 425 g/mol. The predicted octanol–water partition coefficient (Wildman–Crippen LogP) is 3.24. The van der Waals surface area contributed by atoms with Crippen LogP contribution in [0.25, 0.3) is 0 Å². The van der Waals surface area contributed by atoms with Crippen LogP contribution in [0.3, 0.4) is 0 Å². The zero-order chi connectivity index (χ0) is 14.8. The van der Waals surface area contributed by atoms with Gasteiger partial charge in [-0.05, 0) is 24.8 Å². The van der Waals surface area contributed by atoms with Gasteiger partial charge in [0, 0.05) is 43.6 Å². The van der Waals surface area contributed by atoms with Crippen LogP contribution in [0.4, 0.5) is 0 Å². The van der Waals surface area contributed by atoms with Crippen molar-refractivity contribution in [1.82, 2.24) is 10.6 Å². The smallest absolute Gasteiger partial charge is 0.191 e. The van der Waals surface area contributed by atoms with Gasteiger partial charge in [0.2, 0.25) is 0 Å². The highest BCUT2D eigenvalue weighted by atomic mass is 127. The number of nitrogens with one attached hydrogen (secondary N) is 2. The predicted molar refractivity (Wildman–Crippen MR) is 103 cm³/mol. The Morgan fingerprint density at radius 3 is 2.71 bits per heavy atom. The Bertz CT molecular complexity index is 394. The van der Waals surface area contributed by atoms with Crippen molar-refractivity contribution >= 4 is 41.3 Å². The molecule has 1 heterocycles. The average Bonchev–Trinajstić information content (AvgIpc) is 2.97. The van der Waals surface area contributed by atoms with E-state index in [0.29, 0.717) is 0 Å². The van der Waals surface area contributed by atoms with E-state index in [2.05, 4.69) is 47.0 Å². The minimum absolute atomic E-state index is 0. The van der Waals surface area contributed by atoms with Crippen molar-refractivity contribution in [1.29, 1.82) is 0 Å². The lowest BCUT2D eigenvalue weighted by Crippen LogP contribution is -2.43. The Morgan fingerprint density at radius 1 is 1.38 bits per heavy atom. The molecule has 6 heteroatoms. The molecule has 0 saturated heterocycles. The number of hydrogen-bond acceptors (Lipinski definition) is 3. The summed E-state index contributed by atoms with van der Waals surface area (Å²) >= 11 is 1.80. The summed E-state index contributed by atoms with van der Waals surface area (Å²) in [5.41, 5.74) is 0.108. The van der Waals surface area contributed by atoms with Crippen LogP contribution in [0.2, 0.25) is 0 Å². The van der Waals surface area contributed by atoms with Crippen LogP contribution in [0, 0.1) is 0 Å². The molecule has 21 heavy (non-hydrogen) atoms. The second-order valence-electron chi connectivity index (χ2n) is 5.26. The summed E-state index contributed by atoms with van der Waals surface area (Å²) in [5, 5.41) is 8.82. The second kappa shape index (κ2) is 11.3. The minimum atomic E-state index is 0. The van der Waals surface area contributed by atoms with Crippen LogP contribution in [0.1, 0.15) is 32.1 Å². The topological polar surface area (TPSA) is 45.6 Å². The van der Waals surface area contributed by atoms with E-state index in [1.165, 1.54) is 4.88 Å². The number of rotatable bonds is 8. The molecule has 1 aromatic heterocycles. The minimum Gasteiger partial charge on any atom is -0.382 e. The molecule has 0 amide bonds. The van der Waals surface area contributed by atoms with Gasteiger partial charge in [0.25, 0.3) is 0 Å². The molecule has 122 valence electrons. The van der Waals surface area contributed by atoms with Crippen molar-refractivity contribution in [2.45, 2.75) is 32.6 Å². The fourth-order valence-electron chi connectivity index (χ4n) is 1.80. The van der Waals surface area contributed by atoms with Gasteiger partial charge >= 0.3 is 0 Å².